The molecule has 0 aromatic heterocycles. The molecule has 0 amide bonds. The van der Waals surface area contributed by atoms with Gasteiger partial charge in [-0.3, -0.25) is 0 Å². The van der Waals surface area contributed by atoms with Gasteiger partial charge >= 0.3 is 0 Å². The molecule has 3 rings (SSSR count). The smallest absolute Gasteiger partial charge is 0.0702 e. The van der Waals surface area contributed by atoms with Crippen molar-refractivity contribution in [1.29, 1.82) is 0 Å². The van der Waals surface area contributed by atoms with Crippen LogP contribution in [0.1, 0.15) is 24.0 Å². The van der Waals surface area contributed by atoms with Crippen LogP contribution >= 0.6 is 15.9 Å². The Labute approximate surface area is 128 Å². The molecule has 0 unspecified atom stereocenters. The van der Waals surface area contributed by atoms with Crippen molar-refractivity contribution in [3.63, 3.8) is 0 Å². The highest BCUT2D eigenvalue weighted by Crippen LogP contribution is 2.35. The number of aliphatic hydroxyl groups excluding tert-OH is 1. The number of aliphatic hydroxyl groups is 1. The summed E-state index contributed by atoms with van der Waals surface area (Å²) in [6.45, 7) is 1.07. The van der Waals surface area contributed by atoms with E-state index in [2.05, 4.69) is 51.2 Å². The highest BCUT2D eigenvalue weighted by Gasteiger charge is 2.18. The normalized spacial score (nSPS) is 14.8. The van der Waals surface area contributed by atoms with Crippen molar-refractivity contribution in [2.24, 2.45) is 0 Å². The van der Waals surface area contributed by atoms with Gasteiger partial charge in [-0.05, 0) is 43.0 Å². The summed E-state index contributed by atoms with van der Waals surface area (Å²) in [5.41, 5.74) is 4.76. The van der Waals surface area contributed by atoms with Gasteiger partial charge in [-0.15, -0.1) is 0 Å². The van der Waals surface area contributed by atoms with Crippen molar-refractivity contribution in [1.82, 2.24) is 0 Å². The molecule has 0 radical (unpaired) electrons. The van der Waals surface area contributed by atoms with Gasteiger partial charge in [0.1, 0.15) is 0 Å². The molecule has 2 nitrogen and oxygen atoms in total. The molecule has 3 heteroatoms. The average molecular weight is 332 g/mol. The van der Waals surface area contributed by atoms with E-state index in [9.17, 15) is 5.11 Å². The van der Waals surface area contributed by atoms with Crippen LogP contribution in [0.4, 0.5) is 11.4 Å². The molecule has 0 aliphatic carbocycles. The Morgan fingerprint density at radius 2 is 1.90 bits per heavy atom. The first kappa shape index (κ1) is 13.7. The summed E-state index contributed by atoms with van der Waals surface area (Å²) in [5, 5.41) is 9.62. The monoisotopic (exact) mass is 331 g/mol. The maximum atomic E-state index is 9.62. The van der Waals surface area contributed by atoms with Crippen LogP contribution in [0, 0.1) is 0 Å². The Morgan fingerprint density at radius 1 is 1.05 bits per heavy atom. The van der Waals surface area contributed by atoms with Gasteiger partial charge in [-0.25, -0.2) is 0 Å². The number of nitrogens with zero attached hydrogens (tertiary/aromatic N) is 1. The number of hydrogen-bond acceptors (Lipinski definition) is 2. The summed E-state index contributed by atoms with van der Waals surface area (Å²) in [5.74, 6) is 0. The SMILES string of the molecule is OCc1ccc(Br)cc1N1CCCCc2ccccc21. The van der Waals surface area contributed by atoms with E-state index in [0.29, 0.717) is 0 Å². The molecule has 0 saturated carbocycles. The average Bonchev–Trinajstić information content (AvgIpc) is 2.69. The highest BCUT2D eigenvalue weighted by molar-refractivity contribution is 9.10. The third-order valence-corrected chi connectivity index (χ3v) is 4.36. The molecule has 104 valence electrons. The van der Waals surface area contributed by atoms with Gasteiger partial charge in [0.15, 0.2) is 0 Å². The van der Waals surface area contributed by atoms with Crippen LogP contribution in [0.3, 0.4) is 0 Å². The van der Waals surface area contributed by atoms with E-state index in [-0.39, 0.29) is 6.61 Å². The van der Waals surface area contributed by atoms with Crippen molar-refractivity contribution in [2.45, 2.75) is 25.9 Å². The van der Waals surface area contributed by atoms with Gasteiger partial charge in [0.2, 0.25) is 0 Å². The fourth-order valence-electron chi connectivity index (χ4n) is 2.86. The number of para-hydroxylation sites is 1. The van der Waals surface area contributed by atoms with E-state index >= 15 is 0 Å². The quantitative estimate of drug-likeness (QED) is 0.880. The lowest BCUT2D eigenvalue weighted by Crippen LogP contribution is -2.19. The van der Waals surface area contributed by atoms with Gasteiger partial charge in [0.25, 0.3) is 0 Å². The van der Waals surface area contributed by atoms with E-state index in [0.717, 1.165) is 28.7 Å². The van der Waals surface area contributed by atoms with Crippen LogP contribution in [0.5, 0.6) is 0 Å². The van der Waals surface area contributed by atoms with E-state index in [1.54, 1.807) is 0 Å². The fraction of sp³-hybridized carbons (Fsp3) is 0.294. The van der Waals surface area contributed by atoms with Crippen molar-refractivity contribution in [3.05, 3.63) is 58.1 Å². The third kappa shape index (κ3) is 2.60. The van der Waals surface area contributed by atoms with Gasteiger partial charge in [-0.1, -0.05) is 40.2 Å². The molecule has 0 fully saturated rings. The number of rotatable bonds is 2. The van der Waals surface area contributed by atoms with Crippen molar-refractivity contribution in [3.8, 4) is 0 Å². The molecule has 1 aliphatic heterocycles. The summed E-state index contributed by atoms with van der Waals surface area (Å²) >= 11 is 3.54. The number of benzene rings is 2. The molecule has 1 aliphatic rings. The van der Waals surface area contributed by atoms with Crippen LogP contribution in [0.15, 0.2) is 46.9 Å². The standard InChI is InChI=1S/C17H18BrNO/c18-15-9-8-14(12-20)17(11-15)19-10-4-3-6-13-5-1-2-7-16(13)19/h1-2,5,7-9,11,20H,3-4,6,10,12H2. The molecule has 0 saturated heterocycles. The first-order valence-corrected chi connectivity index (χ1v) is 7.83. The first-order chi connectivity index (χ1) is 9.79. The molecule has 0 bridgehead atoms. The van der Waals surface area contributed by atoms with E-state index in [1.165, 1.54) is 24.1 Å². The topological polar surface area (TPSA) is 23.5 Å². The minimum Gasteiger partial charge on any atom is -0.392 e. The molecule has 1 N–H and O–H groups in total. The Kier molecular flexibility index (Phi) is 4.08. The Hall–Kier alpha value is -1.32. The number of hydrogen-bond donors (Lipinski definition) is 1. The lowest BCUT2D eigenvalue weighted by atomic mass is 10.1. The number of fused-ring (bicyclic) bond motifs is 1. The maximum Gasteiger partial charge on any atom is 0.0702 e. The molecule has 2 aromatic carbocycles. The van der Waals surface area contributed by atoms with Crippen LogP contribution in [0.2, 0.25) is 0 Å². The van der Waals surface area contributed by atoms with Crippen molar-refractivity contribution < 1.29 is 5.11 Å². The van der Waals surface area contributed by atoms with Crippen LogP contribution in [-0.2, 0) is 13.0 Å². The van der Waals surface area contributed by atoms with Crippen LogP contribution < -0.4 is 4.90 Å². The van der Waals surface area contributed by atoms with Crippen molar-refractivity contribution in [2.75, 3.05) is 11.4 Å². The van der Waals surface area contributed by atoms with E-state index in [4.69, 9.17) is 0 Å². The van der Waals surface area contributed by atoms with Crippen molar-refractivity contribution >= 4 is 27.3 Å². The molecule has 20 heavy (non-hydrogen) atoms. The Balaban J connectivity index is 2.12. The summed E-state index contributed by atoms with van der Waals surface area (Å²) in [7, 11) is 0. The predicted octanol–water partition coefficient (Wildman–Crippen LogP) is 4.42. The fourth-order valence-corrected chi connectivity index (χ4v) is 3.21. The highest BCUT2D eigenvalue weighted by atomic mass is 79.9. The summed E-state index contributed by atoms with van der Waals surface area (Å²) < 4.78 is 1.05. The second kappa shape index (κ2) is 5.98. The zero-order valence-corrected chi connectivity index (χ0v) is 12.9. The molecule has 0 atom stereocenters. The van der Waals surface area contributed by atoms with E-state index in [1.807, 2.05) is 12.1 Å². The van der Waals surface area contributed by atoms with Crippen LogP contribution in [-0.4, -0.2) is 11.7 Å². The van der Waals surface area contributed by atoms with Crippen LogP contribution in [0.25, 0.3) is 0 Å². The molecular weight excluding hydrogens is 314 g/mol. The van der Waals surface area contributed by atoms with Gasteiger partial charge < -0.3 is 10.0 Å². The summed E-state index contributed by atoms with van der Waals surface area (Å²) in [6, 6.07) is 14.7. The van der Waals surface area contributed by atoms with Gasteiger partial charge in [0, 0.05) is 28.0 Å². The predicted molar refractivity (Wildman–Crippen MR) is 86.5 cm³/mol. The minimum absolute atomic E-state index is 0.0707. The lowest BCUT2D eigenvalue weighted by Gasteiger charge is -2.27. The summed E-state index contributed by atoms with van der Waals surface area (Å²) in [4.78, 5) is 2.35. The second-order valence-corrected chi connectivity index (χ2v) is 6.08. The third-order valence-electron chi connectivity index (χ3n) is 3.87. The second-order valence-electron chi connectivity index (χ2n) is 5.17. The molecule has 0 spiro atoms. The minimum atomic E-state index is 0.0707. The maximum absolute atomic E-state index is 9.62. The van der Waals surface area contributed by atoms with Gasteiger partial charge in [0.05, 0.1) is 6.61 Å². The molecule has 1 heterocycles. The number of aryl methyl sites for hydroxylation is 1. The molecule has 2 aromatic rings. The number of anilines is 2. The van der Waals surface area contributed by atoms with E-state index < -0.39 is 0 Å². The Morgan fingerprint density at radius 3 is 2.75 bits per heavy atom. The largest absolute Gasteiger partial charge is 0.392 e. The lowest BCUT2D eigenvalue weighted by molar-refractivity contribution is 0.282. The molecular formula is C17H18BrNO. The van der Waals surface area contributed by atoms with Gasteiger partial charge in [-0.2, -0.15) is 0 Å². The first-order valence-electron chi connectivity index (χ1n) is 7.04. The Bertz CT molecular complexity index is 612. The summed E-state index contributed by atoms with van der Waals surface area (Å²) in [6.07, 6.45) is 3.52. The zero-order chi connectivity index (χ0) is 13.9. The zero-order valence-electron chi connectivity index (χ0n) is 11.3. The number of halogens is 1.